The average Bonchev–Trinajstić information content (AvgIpc) is 2.16. The van der Waals surface area contributed by atoms with Gasteiger partial charge in [-0.15, -0.1) is 0 Å². The molecule has 1 nitrogen and oxygen atoms in total. The van der Waals surface area contributed by atoms with E-state index in [-0.39, 0.29) is 11.1 Å². The van der Waals surface area contributed by atoms with Crippen LogP contribution in [-0.2, 0) is 5.75 Å². The molecule has 0 bridgehead atoms. The predicted molar refractivity (Wildman–Crippen MR) is 57.1 cm³/mol. The van der Waals surface area contributed by atoms with Gasteiger partial charge in [0, 0.05) is 27.2 Å². The molecule has 0 amide bonds. The average molecular weight is 233 g/mol. The van der Waals surface area contributed by atoms with E-state index in [0.717, 1.165) is 0 Å². The highest BCUT2D eigenvalue weighted by Gasteiger charge is 2.29. The summed E-state index contributed by atoms with van der Waals surface area (Å²) in [6.45, 7) is 1.92. The Morgan fingerprint density at radius 3 is 3.00 bits per heavy atom. The minimum absolute atomic E-state index is 0.0711. The van der Waals surface area contributed by atoms with Crippen LogP contribution in [0.1, 0.15) is 24.2 Å². The molecule has 14 heavy (non-hydrogen) atoms. The van der Waals surface area contributed by atoms with E-state index in [1.54, 1.807) is 11.8 Å². The second kappa shape index (κ2) is 3.72. The Labute approximate surface area is 91.3 Å². The van der Waals surface area contributed by atoms with Crippen LogP contribution in [0.25, 0.3) is 0 Å². The van der Waals surface area contributed by atoms with Crippen molar-refractivity contribution in [2.75, 3.05) is 0 Å². The van der Waals surface area contributed by atoms with E-state index in [1.165, 1.54) is 12.1 Å². The second-order valence-electron chi connectivity index (χ2n) is 3.38. The summed E-state index contributed by atoms with van der Waals surface area (Å²) in [5, 5.41) is 10.4. The van der Waals surface area contributed by atoms with Crippen LogP contribution in [0, 0.1) is 5.82 Å². The third-order valence-corrected chi connectivity index (χ3v) is 4.05. The first-order chi connectivity index (χ1) is 6.61. The van der Waals surface area contributed by atoms with Gasteiger partial charge in [-0.3, -0.25) is 0 Å². The van der Waals surface area contributed by atoms with Gasteiger partial charge in [0.15, 0.2) is 0 Å². The lowest BCUT2D eigenvalue weighted by molar-refractivity contribution is 0.176. The number of fused-ring (bicyclic) bond motifs is 1. The molecule has 0 aromatic heterocycles. The van der Waals surface area contributed by atoms with Gasteiger partial charge in [-0.1, -0.05) is 18.5 Å². The van der Waals surface area contributed by atoms with Gasteiger partial charge in [0.25, 0.3) is 0 Å². The van der Waals surface area contributed by atoms with Crippen LogP contribution >= 0.6 is 23.4 Å². The summed E-state index contributed by atoms with van der Waals surface area (Å²) in [5.74, 6) is 0.308. The monoisotopic (exact) mass is 232 g/mol. The number of rotatable bonds is 0. The van der Waals surface area contributed by atoms with E-state index in [9.17, 15) is 9.50 Å². The van der Waals surface area contributed by atoms with Crippen molar-refractivity contribution >= 4 is 23.4 Å². The van der Waals surface area contributed by atoms with Crippen molar-refractivity contribution in [2.24, 2.45) is 0 Å². The molecule has 0 saturated heterocycles. The largest absolute Gasteiger partial charge is 0.387 e. The first kappa shape index (κ1) is 10.3. The quantitative estimate of drug-likeness (QED) is 0.742. The Morgan fingerprint density at radius 1 is 1.57 bits per heavy atom. The molecule has 1 aliphatic heterocycles. The Kier molecular flexibility index (Phi) is 2.73. The molecule has 4 heteroatoms. The number of hydrogen-bond donors (Lipinski definition) is 1. The third kappa shape index (κ3) is 1.53. The topological polar surface area (TPSA) is 20.2 Å². The van der Waals surface area contributed by atoms with Crippen LogP contribution in [-0.4, -0.2) is 10.4 Å². The molecule has 0 radical (unpaired) electrons. The molecule has 76 valence electrons. The molecular formula is C10H10ClFOS. The van der Waals surface area contributed by atoms with E-state index in [4.69, 9.17) is 11.6 Å². The highest BCUT2D eigenvalue weighted by Crippen LogP contribution is 2.41. The van der Waals surface area contributed by atoms with Crippen molar-refractivity contribution in [2.45, 2.75) is 24.0 Å². The van der Waals surface area contributed by atoms with E-state index in [1.807, 2.05) is 6.92 Å². The molecule has 1 heterocycles. The fourth-order valence-electron chi connectivity index (χ4n) is 1.62. The maximum absolute atomic E-state index is 13.4. The molecule has 0 saturated carbocycles. The summed E-state index contributed by atoms with van der Waals surface area (Å²) in [5.41, 5.74) is 1.12. The number of thioether (sulfide) groups is 1. The molecule has 2 rings (SSSR count). The summed E-state index contributed by atoms with van der Waals surface area (Å²) in [6.07, 6.45) is -0.660. The molecule has 1 N–H and O–H groups in total. The van der Waals surface area contributed by atoms with E-state index < -0.39 is 6.10 Å². The lowest BCUT2D eigenvalue weighted by Gasteiger charge is -2.28. The molecule has 0 spiro atoms. The van der Waals surface area contributed by atoms with Crippen molar-refractivity contribution in [3.05, 3.63) is 34.1 Å². The van der Waals surface area contributed by atoms with Crippen LogP contribution in [0.5, 0.6) is 0 Å². The molecule has 1 aromatic rings. The lowest BCUT2D eigenvalue weighted by atomic mass is 10.00. The van der Waals surface area contributed by atoms with E-state index >= 15 is 0 Å². The summed E-state index contributed by atoms with van der Waals surface area (Å²) in [6, 6.07) is 2.85. The van der Waals surface area contributed by atoms with Crippen molar-refractivity contribution in [3.63, 3.8) is 0 Å². The van der Waals surface area contributed by atoms with Gasteiger partial charge in [-0.2, -0.15) is 11.8 Å². The smallest absolute Gasteiger partial charge is 0.127 e. The fraction of sp³-hybridized carbons (Fsp3) is 0.400. The lowest BCUT2D eigenvalue weighted by Crippen LogP contribution is -2.19. The molecule has 1 aromatic carbocycles. The zero-order chi connectivity index (χ0) is 10.3. The molecule has 2 unspecified atom stereocenters. The van der Waals surface area contributed by atoms with Gasteiger partial charge >= 0.3 is 0 Å². The fourth-order valence-corrected chi connectivity index (χ4v) is 2.95. The van der Waals surface area contributed by atoms with Gasteiger partial charge in [0.2, 0.25) is 0 Å². The molecular weight excluding hydrogens is 223 g/mol. The summed E-state index contributed by atoms with van der Waals surface area (Å²) < 4.78 is 13.4. The Balaban J connectivity index is 2.58. The van der Waals surface area contributed by atoms with Gasteiger partial charge in [0.05, 0.1) is 6.10 Å². The first-order valence-corrected chi connectivity index (χ1v) is 5.80. The minimum Gasteiger partial charge on any atom is -0.387 e. The van der Waals surface area contributed by atoms with Gasteiger partial charge < -0.3 is 5.11 Å². The van der Waals surface area contributed by atoms with Crippen LogP contribution in [0.3, 0.4) is 0 Å². The zero-order valence-corrected chi connectivity index (χ0v) is 9.20. The number of aliphatic hydroxyl groups excluding tert-OH is 1. The molecule has 2 atom stereocenters. The minimum atomic E-state index is -0.660. The van der Waals surface area contributed by atoms with Crippen molar-refractivity contribution in [1.82, 2.24) is 0 Å². The predicted octanol–water partition coefficient (Wildman–Crippen LogP) is 3.15. The number of halogens is 2. The maximum atomic E-state index is 13.4. The van der Waals surface area contributed by atoms with Gasteiger partial charge in [-0.25, -0.2) is 4.39 Å². The number of aliphatic hydroxyl groups is 1. The molecule has 0 fully saturated rings. The highest BCUT2D eigenvalue weighted by atomic mass is 35.5. The third-order valence-electron chi connectivity index (χ3n) is 2.48. The number of hydrogen-bond acceptors (Lipinski definition) is 2. The zero-order valence-electron chi connectivity index (χ0n) is 7.63. The standard InChI is InChI=1S/C10H10ClFOS/c1-5-10(13)9-6(4-14-5)8(12)3-2-7(9)11/h2-3,5,10,13H,4H2,1H3. The second-order valence-corrected chi connectivity index (χ2v) is 5.16. The molecule has 0 aliphatic carbocycles. The SMILES string of the molecule is CC1SCc2c(F)ccc(Cl)c2C1O. The van der Waals surface area contributed by atoms with Crippen LogP contribution < -0.4 is 0 Å². The maximum Gasteiger partial charge on any atom is 0.127 e. The summed E-state index contributed by atoms with van der Waals surface area (Å²) in [7, 11) is 0. The Morgan fingerprint density at radius 2 is 2.29 bits per heavy atom. The van der Waals surface area contributed by atoms with Crippen LogP contribution in [0.15, 0.2) is 12.1 Å². The van der Waals surface area contributed by atoms with Crippen LogP contribution in [0.4, 0.5) is 4.39 Å². The normalized spacial score (nSPS) is 26.0. The van der Waals surface area contributed by atoms with Crippen molar-refractivity contribution in [3.8, 4) is 0 Å². The first-order valence-electron chi connectivity index (χ1n) is 4.37. The summed E-state index contributed by atoms with van der Waals surface area (Å²) >= 11 is 7.48. The Bertz CT molecular complexity index is 369. The van der Waals surface area contributed by atoms with Crippen molar-refractivity contribution < 1.29 is 9.50 Å². The van der Waals surface area contributed by atoms with Crippen LogP contribution in [0.2, 0.25) is 5.02 Å². The molecule has 1 aliphatic rings. The number of benzene rings is 1. The van der Waals surface area contributed by atoms with Gasteiger partial charge in [-0.05, 0) is 12.1 Å². The highest BCUT2D eigenvalue weighted by molar-refractivity contribution is 7.99. The summed E-state index contributed by atoms with van der Waals surface area (Å²) in [4.78, 5) is 0. The van der Waals surface area contributed by atoms with Crippen molar-refractivity contribution in [1.29, 1.82) is 0 Å². The Hall–Kier alpha value is -0.250. The van der Waals surface area contributed by atoms with E-state index in [0.29, 0.717) is 21.9 Å². The van der Waals surface area contributed by atoms with E-state index in [2.05, 4.69) is 0 Å². The van der Waals surface area contributed by atoms with Gasteiger partial charge in [0.1, 0.15) is 5.82 Å².